The summed E-state index contributed by atoms with van der Waals surface area (Å²) in [5.74, 6) is 1.79. The number of ether oxygens (including phenoxy) is 4. The molecule has 250 valence electrons. The molecule has 1 amide bonds. The molecule has 0 aliphatic carbocycles. The third kappa shape index (κ3) is 13.1. The molecule has 4 N–H and O–H groups in total. The number of aliphatic hydroxyl groups excluding tert-OH is 1. The fraction of sp³-hybridized carbons (Fsp3) is 0.788. The highest BCUT2D eigenvalue weighted by atomic mass is 35.5. The third-order valence-electron chi connectivity index (χ3n) is 8.69. The molecule has 0 aromatic heterocycles. The van der Waals surface area contributed by atoms with E-state index in [0.717, 1.165) is 50.5 Å². The number of rotatable bonds is 19. The zero-order valence-electron chi connectivity index (χ0n) is 27.9. The van der Waals surface area contributed by atoms with Gasteiger partial charge in [0.15, 0.2) is 11.5 Å². The van der Waals surface area contributed by atoms with Crippen LogP contribution in [0.5, 0.6) is 11.5 Å². The molecule has 43 heavy (non-hydrogen) atoms. The highest BCUT2D eigenvalue weighted by Gasteiger charge is 2.33. The van der Waals surface area contributed by atoms with Gasteiger partial charge in [0.25, 0.3) is 0 Å². The number of amides is 1. The van der Waals surface area contributed by atoms with Gasteiger partial charge in [-0.3, -0.25) is 9.69 Å². The molecule has 1 aliphatic rings. The minimum atomic E-state index is -0.771. The molecule has 9 nitrogen and oxygen atoms in total. The van der Waals surface area contributed by atoms with Crippen LogP contribution in [0.2, 0.25) is 0 Å². The van der Waals surface area contributed by atoms with E-state index in [1.165, 1.54) is 0 Å². The summed E-state index contributed by atoms with van der Waals surface area (Å²) in [5.41, 5.74) is 7.58. The molecule has 0 saturated carbocycles. The number of hydrogen-bond donors (Lipinski definition) is 3. The first-order valence-electron chi connectivity index (χ1n) is 15.7. The number of benzene rings is 1. The van der Waals surface area contributed by atoms with Gasteiger partial charge in [0.2, 0.25) is 5.91 Å². The maximum Gasteiger partial charge on any atom is 0.223 e. The lowest BCUT2D eigenvalue weighted by atomic mass is 9.80. The monoisotopic (exact) mass is 629 g/mol. The molecule has 1 heterocycles. The van der Waals surface area contributed by atoms with Crippen LogP contribution in [-0.2, 0) is 20.7 Å². The maximum atomic E-state index is 13.3. The summed E-state index contributed by atoms with van der Waals surface area (Å²) in [6.45, 7) is 17.6. The number of methoxy groups -OCH3 is 2. The topological polar surface area (TPSA) is 116 Å². The predicted octanol–water partition coefficient (Wildman–Crippen LogP) is 4.31. The van der Waals surface area contributed by atoms with E-state index >= 15 is 0 Å². The van der Waals surface area contributed by atoms with Crippen LogP contribution in [0.25, 0.3) is 0 Å². The summed E-state index contributed by atoms with van der Waals surface area (Å²) in [5, 5.41) is 14.4. The Morgan fingerprint density at radius 1 is 1.07 bits per heavy atom. The number of nitrogens with one attached hydrogen (secondary N) is 1. The van der Waals surface area contributed by atoms with Crippen molar-refractivity contribution < 1.29 is 28.8 Å². The molecule has 1 saturated heterocycles. The van der Waals surface area contributed by atoms with E-state index in [4.69, 9.17) is 24.7 Å². The molecule has 1 aromatic rings. The van der Waals surface area contributed by atoms with Crippen LogP contribution < -0.4 is 20.5 Å². The van der Waals surface area contributed by atoms with E-state index in [2.05, 4.69) is 44.0 Å². The van der Waals surface area contributed by atoms with Crippen LogP contribution >= 0.6 is 12.4 Å². The van der Waals surface area contributed by atoms with Gasteiger partial charge < -0.3 is 35.1 Å². The largest absolute Gasteiger partial charge is 0.493 e. The van der Waals surface area contributed by atoms with Gasteiger partial charge in [-0.25, -0.2) is 0 Å². The molecule has 2 rings (SSSR count). The Balaban J connectivity index is 0.00000924. The normalized spacial score (nSPS) is 17.2. The van der Waals surface area contributed by atoms with E-state index < -0.39 is 12.1 Å². The first kappa shape index (κ1) is 39.4. The molecule has 0 spiro atoms. The quantitative estimate of drug-likeness (QED) is 0.194. The summed E-state index contributed by atoms with van der Waals surface area (Å²) in [6, 6.07) is 5.62. The minimum Gasteiger partial charge on any atom is -0.493 e. The Morgan fingerprint density at radius 3 is 2.33 bits per heavy atom. The minimum absolute atomic E-state index is 0. The summed E-state index contributed by atoms with van der Waals surface area (Å²) in [6.07, 6.45) is 1.83. The number of carbonyl (C=O) groups excluding carboxylic acids is 1. The molecule has 0 unspecified atom stereocenters. The van der Waals surface area contributed by atoms with E-state index in [1.54, 1.807) is 14.2 Å². The predicted molar refractivity (Wildman–Crippen MR) is 175 cm³/mol. The van der Waals surface area contributed by atoms with Gasteiger partial charge in [0.1, 0.15) is 0 Å². The van der Waals surface area contributed by atoms with Crippen molar-refractivity contribution in [2.75, 3.05) is 60.3 Å². The van der Waals surface area contributed by atoms with Crippen LogP contribution in [0.15, 0.2) is 18.2 Å². The summed E-state index contributed by atoms with van der Waals surface area (Å²) >= 11 is 0. The van der Waals surface area contributed by atoms with Crippen molar-refractivity contribution in [3.8, 4) is 11.5 Å². The molecule has 10 heteroatoms. The Bertz CT molecular complexity index is 926. The molecule has 1 aromatic carbocycles. The first-order valence-corrected chi connectivity index (χ1v) is 15.7. The van der Waals surface area contributed by atoms with Crippen LogP contribution in [0.1, 0.15) is 66.4 Å². The van der Waals surface area contributed by atoms with Crippen LogP contribution in [0.4, 0.5) is 0 Å². The first-order chi connectivity index (χ1) is 19.9. The molecular weight excluding hydrogens is 570 g/mol. The number of nitrogens with zero attached hydrogens (tertiary/aromatic N) is 1. The molecule has 0 radical (unpaired) electrons. The molecular formula is C33H60ClN3O6. The van der Waals surface area contributed by atoms with Gasteiger partial charge in [-0.15, -0.1) is 12.4 Å². The second kappa shape index (κ2) is 19.7. The number of morpholine rings is 1. The van der Waals surface area contributed by atoms with Crippen molar-refractivity contribution in [1.82, 2.24) is 10.2 Å². The number of hydrogen-bond acceptors (Lipinski definition) is 8. The van der Waals surface area contributed by atoms with Gasteiger partial charge in [0.05, 0.1) is 33.0 Å². The number of nitrogens with two attached hydrogens (primary N) is 1. The molecule has 1 aliphatic heterocycles. The summed E-state index contributed by atoms with van der Waals surface area (Å²) in [7, 11) is 3.32. The van der Waals surface area contributed by atoms with Gasteiger partial charge in [-0.05, 0) is 68.6 Å². The maximum absolute atomic E-state index is 13.3. The number of carbonyl (C=O) groups is 1. The van der Waals surface area contributed by atoms with E-state index in [0.29, 0.717) is 44.3 Å². The second-order valence-electron chi connectivity index (χ2n) is 13.1. The van der Waals surface area contributed by atoms with E-state index in [9.17, 15) is 9.90 Å². The van der Waals surface area contributed by atoms with E-state index in [1.807, 2.05) is 26.0 Å². The standard InChI is InChI=1S/C33H59N3O6.ClH/c1-23(2)26(18-25-10-11-30(40-8)31(19-25)42-15-9-14-39-7)20-28(34)29(37)21-27(24(3)4)32(38)35-22-33(5,6)36-12-16-41-17-13-36;/h10-11,19,23-24,26-29,37H,9,12-18,20-22,34H2,1-8H3,(H,35,38);1H/t26-,27-,28-,29-;/m0./s1. The van der Waals surface area contributed by atoms with Crippen molar-refractivity contribution in [3.63, 3.8) is 0 Å². The van der Waals surface area contributed by atoms with Crippen LogP contribution in [0, 0.1) is 23.7 Å². The number of aliphatic hydroxyl groups is 1. The highest BCUT2D eigenvalue weighted by molar-refractivity contribution is 5.85. The number of halogens is 1. The zero-order valence-corrected chi connectivity index (χ0v) is 28.7. The average Bonchev–Trinajstić information content (AvgIpc) is 2.96. The van der Waals surface area contributed by atoms with Crippen molar-refractivity contribution in [1.29, 1.82) is 0 Å². The van der Waals surface area contributed by atoms with Gasteiger partial charge in [-0.1, -0.05) is 33.8 Å². The Labute approximate surface area is 266 Å². The fourth-order valence-electron chi connectivity index (χ4n) is 5.58. The summed E-state index contributed by atoms with van der Waals surface area (Å²) in [4.78, 5) is 15.7. The van der Waals surface area contributed by atoms with Crippen molar-refractivity contribution in [2.45, 2.75) is 84.9 Å². The lowest BCUT2D eigenvalue weighted by Crippen LogP contribution is -2.56. The molecule has 4 atom stereocenters. The van der Waals surface area contributed by atoms with Gasteiger partial charge in [-0.2, -0.15) is 0 Å². The van der Waals surface area contributed by atoms with Gasteiger partial charge in [0, 0.05) is 57.3 Å². The fourth-order valence-corrected chi connectivity index (χ4v) is 5.58. The zero-order chi connectivity index (χ0) is 31.3. The van der Waals surface area contributed by atoms with E-state index in [-0.39, 0.29) is 41.6 Å². The average molecular weight is 630 g/mol. The van der Waals surface area contributed by atoms with Crippen molar-refractivity contribution in [2.24, 2.45) is 29.4 Å². The second-order valence-corrected chi connectivity index (χ2v) is 13.1. The summed E-state index contributed by atoms with van der Waals surface area (Å²) < 4.78 is 22.1. The molecule has 0 bridgehead atoms. The van der Waals surface area contributed by atoms with Gasteiger partial charge >= 0.3 is 0 Å². The smallest absolute Gasteiger partial charge is 0.223 e. The SMILES string of the molecule is COCCCOc1cc(C[C@@H](C[C@H](N)[C@@H](O)C[C@H](C(=O)NCC(C)(C)N2CCOCC2)C(C)C)C(C)C)ccc1OC.Cl. The van der Waals surface area contributed by atoms with Crippen LogP contribution in [0.3, 0.4) is 0 Å². The molecule has 1 fully saturated rings. The lowest BCUT2D eigenvalue weighted by Gasteiger charge is -2.41. The van der Waals surface area contributed by atoms with Crippen LogP contribution in [-0.4, -0.2) is 93.9 Å². The third-order valence-corrected chi connectivity index (χ3v) is 8.69. The van der Waals surface area contributed by atoms with Crippen molar-refractivity contribution in [3.05, 3.63) is 23.8 Å². The highest BCUT2D eigenvalue weighted by Crippen LogP contribution is 2.32. The Hall–Kier alpha value is -1.62. The van der Waals surface area contributed by atoms with Crippen molar-refractivity contribution >= 4 is 18.3 Å². The Kier molecular flexibility index (Phi) is 18.1. The lowest BCUT2D eigenvalue weighted by molar-refractivity contribution is -0.128. The Morgan fingerprint density at radius 2 is 1.74 bits per heavy atom.